The van der Waals surface area contributed by atoms with Crippen LogP contribution < -0.4 is 10.1 Å². The fourth-order valence-electron chi connectivity index (χ4n) is 1.05. The summed E-state index contributed by atoms with van der Waals surface area (Å²) in [6.45, 7) is 9.66. The van der Waals surface area contributed by atoms with Crippen molar-refractivity contribution in [2.24, 2.45) is 0 Å². The zero-order chi connectivity index (χ0) is 14.9. The summed E-state index contributed by atoms with van der Waals surface area (Å²) >= 11 is 0. The molecule has 0 fully saturated rings. The number of alkyl carbamates (subject to hydrolysis) is 1. The van der Waals surface area contributed by atoms with Crippen LogP contribution in [0.5, 0.6) is 5.88 Å². The number of ether oxygens (including phenoxy) is 2. The molecule has 1 rings (SSSR count). The van der Waals surface area contributed by atoms with Crippen LogP contribution in [0.1, 0.15) is 40.3 Å². The average molecular weight is 269 g/mol. The van der Waals surface area contributed by atoms with Crippen LogP contribution in [0.15, 0.2) is 12.4 Å². The highest BCUT2D eigenvalue weighted by molar-refractivity contribution is 5.67. The van der Waals surface area contributed by atoms with Crippen LogP contribution >= 0.6 is 0 Å². The smallest absolute Gasteiger partial charge is 0.407 e. The molecule has 1 amide bonds. The predicted molar refractivity (Wildman–Crippen MR) is 73.0 cm³/mol. The Bertz CT molecular complexity index is 389. The van der Waals surface area contributed by atoms with Gasteiger partial charge in [0.05, 0.1) is 31.7 Å². The molecule has 0 aliphatic carbocycles. The first kappa shape index (κ1) is 17.2. The Balaban J connectivity index is 0.00000154. The van der Waals surface area contributed by atoms with Gasteiger partial charge in [0, 0.05) is 0 Å². The second kappa shape index (κ2) is 8.29. The molecule has 0 bridgehead atoms. The second-order valence-corrected chi connectivity index (χ2v) is 4.41. The van der Waals surface area contributed by atoms with E-state index in [1.54, 1.807) is 27.0 Å². The SMILES string of the molecule is CC.COc1cncc(CNC(=O)OC(C)(C)C)n1. The lowest BCUT2D eigenvalue weighted by molar-refractivity contribution is 0.0522. The van der Waals surface area contributed by atoms with E-state index in [0.29, 0.717) is 11.6 Å². The van der Waals surface area contributed by atoms with Crippen molar-refractivity contribution in [1.29, 1.82) is 0 Å². The number of aromatic nitrogens is 2. The Kier molecular flexibility index (Phi) is 7.48. The molecule has 1 N–H and O–H groups in total. The number of hydrogen-bond acceptors (Lipinski definition) is 5. The van der Waals surface area contributed by atoms with Crippen molar-refractivity contribution < 1.29 is 14.3 Å². The maximum atomic E-state index is 11.4. The molecule has 0 radical (unpaired) electrons. The highest BCUT2D eigenvalue weighted by atomic mass is 16.6. The van der Waals surface area contributed by atoms with Crippen LogP contribution in [0.4, 0.5) is 4.79 Å². The van der Waals surface area contributed by atoms with Crippen molar-refractivity contribution in [1.82, 2.24) is 15.3 Å². The van der Waals surface area contributed by atoms with Crippen molar-refractivity contribution in [2.75, 3.05) is 7.11 Å². The van der Waals surface area contributed by atoms with Crippen LogP contribution in [0.2, 0.25) is 0 Å². The summed E-state index contributed by atoms with van der Waals surface area (Å²) in [5.74, 6) is 0.411. The van der Waals surface area contributed by atoms with E-state index in [-0.39, 0.29) is 6.54 Å². The van der Waals surface area contributed by atoms with Crippen LogP contribution in [0.25, 0.3) is 0 Å². The maximum absolute atomic E-state index is 11.4. The van der Waals surface area contributed by atoms with Gasteiger partial charge in [-0.15, -0.1) is 0 Å². The molecule has 0 aliphatic rings. The number of carbonyl (C=O) groups is 1. The number of rotatable bonds is 3. The van der Waals surface area contributed by atoms with Gasteiger partial charge in [0.25, 0.3) is 0 Å². The molecule has 0 spiro atoms. The minimum Gasteiger partial charge on any atom is -0.480 e. The Morgan fingerprint density at radius 1 is 1.32 bits per heavy atom. The second-order valence-electron chi connectivity index (χ2n) is 4.41. The third-order valence-corrected chi connectivity index (χ3v) is 1.68. The van der Waals surface area contributed by atoms with Crippen molar-refractivity contribution in [2.45, 2.75) is 46.8 Å². The molecule has 19 heavy (non-hydrogen) atoms. The van der Waals surface area contributed by atoms with E-state index < -0.39 is 11.7 Å². The number of nitrogens with zero attached hydrogens (tertiary/aromatic N) is 2. The highest BCUT2D eigenvalue weighted by Gasteiger charge is 2.15. The molecule has 6 nitrogen and oxygen atoms in total. The first-order chi connectivity index (χ1) is 8.90. The predicted octanol–water partition coefficient (Wildman–Crippen LogP) is 2.54. The van der Waals surface area contributed by atoms with Gasteiger partial charge in [0.1, 0.15) is 5.60 Å². The minimum absolute atomic E-state index is 0.249. The molecular weight excluding hydrogens is 246 g/mol. The number of methoxy groups -OCH3 is 1. The first-order valence-electron chi connectivity index (χ1n) is 6.22. The molecule has 6 heteroatoms. The van der Waals surface area contributed by atoms with Gasteiger partial charge in [-0.3, -0.25) is 4.98 Å². The summed E-state index contributed by atoms with van der Waals surface area (Å²) in [6, 6.07) is 0. The lowest BCUT2D eigenvalue weighted by Gasteiger charge is -2.19. The summed E-state index contributed by atoms with van der Waals surface area (Å²) in [4.78, 5) is 19.4. The van der Waals surface area contributed by atoms with Gasteiger partial charge in [-0.05, 0) is 20.8 Å². The van der Waals surface area contributed by atoms with Gasteiger partial charge in [-0.2, -0.15) is 0 Å². The summed E-state index contributed by atoms with van der Waals surface area (Å²) in [5.41, 5.74) is 0.0969. The minimum atomic E-state index is -0.510. The van der Waals surface area contributed by atoms with E-state index in [0.717, 1.165) is 0 Å². The van der Waals surface area contributed by atoms with Crippen molar-refractivity contribution in [3.05, 3.63) is 18.1 Å². The summed E-state index contributed by atoms with van der Waals surface area (Å²) in [6.07, 6.45) is 2.57. The lowest BCUT2D eigenvalue weighted by atomic mass is 10.2. The fraction of sp³-hybridized carbons (Fsp3) is 0.615. The molecule has 1 heterocycles. The number of hydrogen-bond donors (Lipinski definition) is 1. The summed E-state index contributed by atoms with van der Waals surface area (Å²) in [7, 11) is 1.51. The molecule has 108 valence electrons. The van der Waals surface area contributed by atoms with E-state index in [1.165, 1.54) is 13.3 Å². The zero-order valence-electron chi connectivity index (χ0n) is 12.5. The Hall–Kier alpha value is -1.85. The van der Waals surface area contributed by atoms with E-state index in [9.17, 15) is 4.79 Å². The molecule has 0 saturated carbocycles. The quantitative estimate of drug-likeness (QED) is 0.912. The molecule has 0 unspecified atom stereocenters. The molecule has 1 aromatic heterocycles. The molecule has 0 aliphatic heterocycles. The highest BCUT2D eigenvalue weighted by Crippen LogP contribution is 2.07. The molecule has 0 saturated heterocycles. The van der Waals surface area contributed by atoms with Gasteiger partial charge < -0.3 is 14.8 Å². The van der Waals surface area contributed by atoms with Crippen LogP contribution in [0, 0.1) is 0 Å². The topological polar surface area (TPSA) is 73.3 Å². The molecule has 1 aromatic rings. The van der Waals surface area contributed by atoms with Crippen molar-refractivity contribution >= 4 is 6.09 Å². The van der Waals surface area contributed by atoms with E-state index in [2.05, 4.69) is 15.3 Å². The standard InChI is InChI=1S/C11H17N3O3.C2H6/c1-11(2,3)17-10(15)13-6-8-5-12-7-9(14-8)16-4;1-2/h5,7H,6H2,1-4H3,(H,13,15);1-2H3. The molecule has 0 aromatic carbocycles. The van der Waals surface area contributed by atoms with Crippen molar-refractivity contribution in [3.8, 4) is 5.88 Å². The third-order valence-electron chi connectivity index (χ3n) is 1.68. The Labute approximate surface area is 114 Å². The first-order valence-corrected chi connectivity index (χ1v) is 6.22. The van der Waals surface area contributed by atoms with Gasteiger partial charge in [-0.1, -0.05) is 13.8 Å². The molecular formula is C13H23N3O3. The van der Waals surface area contributed by atoms with Gasteiger partial charge in [0.15, 0.2) is 0 Å². The van der Waals surface area contributed by atoms with Crippen LogP contribution in [-0.2, 0) is 11.3 Å². The molecule has 0 atom stereocenters. The summed E-state index contributed by atoms with van der Waals surface area (Å²) in [5, 5.41) is 2.59. The number of nitrogens with one attached hydrogen (secondary N) is 1. The van der Waals surface area contributed by atoms with Gasteiger partial charge in [-0.25, -0.2) is 9.78 Å². The fourth-order valence-corrected chi connectivity index (χ4v) is 1.05. The summed E-state index contributed by atoms with van der Waals surface area (Å²) < 4.78 is 10.0. The van der Waals surface area contributed by atoms with Crippen molar-refractivity contribution in [3.63, 3.8) is 0 Å². The Morgan fingerprint density at radius 3 is 2.47 bits per heavy atom. The van der Waals surface area contributed by atoms with Gasteiger partial charge >= 0.3 is 6.09 Å². The van der Waals surface area contributed by atoms with E-state index in [4.69, 9.17) is 9.47 Å². The maximum Gasteiger partial charge on any atom is 0.407 e. The normalized spacial score (nSPS) is 10.0. The average Bonchev–Trinajstić information content (AvgIpc) is 2.37. The Morgan fingerprint density at radius 2 is 1.95 bits per heavy atom. The third kappa shape index (κ3) is 7.96. The van der Waals surface area contributed by atoms with Crippen LogP contribution in [-0.4, -0.2) is 28.8 Å². The van der Waals surface area contributed by atoms with E-state index in [1.807, 2.05) is 13.8 Å². The number of carbonyl (C=O) groups excluding carboxylic acids is 1. The van der Waals surface area contributed by atoms with Gasteiger partial charge in [0.2, 0.25) is 5.88 Å². The number of amides is 1. The van der Waals surface area contributed by atoms with Crippen LogP contribution in [0.3, 0.4) is 0 Å². The van der Waals surface area contributed by atoms with E-state index >= 15 is 0 Å². The zero-order valence-corrected chi connectivity index (χ0v) is 12.5. The monoisotopic (exact) mass is 269 g/mol. The lowest BCUT2D eigenvalue weighted by Crippen LogP contribution is -2.32. The largest absolute Gasteiger partial charge is 0.480 e.